The van der Waals surface area contributed by atoms with Crippen molar-refractivity contribution in [1.82, 2.24) is 15.5 Å². The Hall–Kier alpha value is -3.26. The van der Waals surface area contributed by atoms with Crippen LogP contribution in [0.4, 0.5) is 5.13 Å². The number of nitrogens with zero attached hydrogens (tertiary/aromatic N) is 2. The molecule has 0 spiro atoms. The number of methoxy groups -OCH3 is 1. The van der Waals surface area contributed by atoms with Crippen LogP contribution in [0, 0.1) is 11.3 Å². The number of carbonyl (C=O) groups excluding carboxylic acids is 2. The first-order chi connectivity index (χ1) is 16.6. The van der Waals surface area contributed by atoms with Gasteiger partial charge in [0, 0.05) is 18.4 Å². The SMILES string of the molecule is COc1cccc(-c2nnc(NC(=O)[C@H](Cc3ccccc3)NC(=O)C[C@H](C)CC(C)(C)C)s2)c1. The van der Waals surface area contributed by atoms with Gasteiger partial charge >= 0.3 is 0 Å². The zero-order valence-corrected chi connectivity index (χ0v) is 21.8. The lowest BCUT2D eigenvalue weighted by atomic mass is 9.84. The van der Waals surface area contributed by atoms with Crippen molar-refractivity contribution in [2.45, 2.75) is 53.0 Å². The molecule has 2 aromatic carbocycles. The summed E-state index contributed by atoms with van der Waals surface area (Å²) in [7, 11) is 1.61. The van der Waals surface area contributed by atoms with Crippen molar-refractivity contribution in [3.63, 3.8) is 0 Å². The second kappa shape index (κ2) is 11.9. The summed E-state index contributed by atoms with van der Waals surface area (Å²) in [6.07, 6.45) is 1.68. The standard InChI is InChI=1S/C27H34N4O3S/c1-18(17-27(2,3)4)14-23(32)28-22(15-19-10-7-6-8-11-19)24(33)29-26-31-30-25(35-26)20-12-9-13-21(16-20)34-5/h6-13,16,18,22H,14-15,17H2,1-5H3,(H,28,32)(H,29,31,33)/t18-,22-/m0/s1. The van der Waals surface area contributed by atoms with Gasteiger partial charge in [0.2, 0.25) is 16.9 Å². The highest BCUT2D eigenvalue weighted by Crippen LogP contribution is 2.29. The number of benzene rings is 2. The predicted molar refractivity (Wildman–Crippen MR) is 140 cm³/mol. The highest BCUT2D eigenvalue weighted by molar-refractivity contribution is 7.18. The Morgan fingerprint density at radius 2 is 1.80 bits per heavy atom. The monoisotopic (exact) mass is 494 g/mol. The van der Waals surface area contributed by atoms with Crippen LogP contribution in [0.5, 0.6) is 5.75 Å². The van der Waals surface area contributed by atoms with Crippen LogP contribution >= 0.6 is 11.3 Å². The molecule has 0 aliphatic carbocycles. The Labute approximate surface area is 211 Å². The Kier molecular flexibility index (Phi) is 8.98. The Morgan fingerprint density at radius 1 is 1.06 bits per heavy atom. The van der Waals surface area contributed by atoms with Crippen molar-refractivity contribution < 1.29 is 14.3 Å². The summed E-state index contributed by atoms with van der Waals surface area (Å²) in [4.78, 5) is 26.0. The Bertz CT molecular complexity index is 1120. The minimum absolute atomic E-state index is 0.132. The maximum Gasteiger partial charge on any atom is 0.249 e. The second-order valence-corrected chi connectivity index (χ2v) is 11.0. The van der Waals surface area contributed by atoms with Gasteiger partial charge < -0.3 is 10.1 Å². The highest BCUT2D eigenvalue weighted by atomic mass is 32.1. The number of aromatic nitrogens is 2. The first-order valence-corrected chi connectivity index (χ1v) is 12.6. The van der Waals surface area contributed by atoms with Gasteiger partial charge in [-0.25, -0.2) is 0 Å². The fourth-order valence-electron chi connectivity index (χ4n) is 4.09. The van der Waals surface area contributed by atoms with Crippen molar-refractivity contribution in [2.75, 3.05) is 12.4 Å². The lowest BCUT2D eigenvalue weighted by Crippen LogP contribution is -2.45. The maximum atomic E-state index is 13.2. The first-order valence-electron chi connectivity index (χ1n) is 11.7. The molecule has 3 aromatic rings. The molecule has 0 fully saturated rings. The summed E-state index contributed by atoms with van der Waals surface area (Å²) in [5.74, 6) is 0.477. The van der Waals surface area contributed by atoms with Crippen molar-refractivity contribution in [3.8, 4) is 16.3 Å². The summed E-state index contributed by atoms with van der Waals surface area (Å²) < 4.78 is 5.27. The molecule has 8 heteroatoms. The zero-order chi connectivity index (χ0) is 25.4. The van der Waals surface area contributed by atoms with Gasteiger partial charge in [0.1, 0.15) is 16.8 Å². The van der Waals surface area contributed by atoms with E-state index >= 15 is 0 Å². The molecule has 186 valence electrons. The average Bonchev–Trinajstić information content (AvgIpc) is 3.26. The summed E-state index contributed by atoms with van der Waals surface area (Å²) in [6.45, 7) is 8.55. The number of amides is 2. The van der Waals surface area contributed by atoms with Crippen LogP contribution in [0.15, 0.2) is 54.6 Å². The molecule has 0 unspecified atom stereocenters. The third kappa shape index (κ3) is 8.47. The molecule has 2 N–H and O–H groups in total. The van der Waals surface area contributed by atoms with Gasteiger partial charge in [-0.1, -0.05) is 81.5 Å². The number of hydrogen-bond acceptors (Lipinski definition) is 6. The van der Waals surface area contributed by atoms with Crippen LogP contribution in [-0.4, -0.2) is 35.2 Å². The smallest absolute Gasteiger partial charge is 0.249 e. The lowest BCUT2D eigenvalue weighted by molar-refractivity contribution is -0.127. The fraction of sp³-hybridized carbons (Fsp3) is 0.407. The molecule has 2 atom stereocenters. The summed E-state index contributed by atoms with van der Waals surface area (Å²) >= 11 is 1.27. The van der Waals surface area contributed by atoms with E-state index in [1.54, 1.807) is 7.11 Å². The molecule has 0 aliphatic heterocycles. The van der Waals surface area contributed by atoms with Gasteiger partial charge in [-0.2, -0.15) is 0 Å². The van der Waals surface area contributed by atoms with Gasteiger partial charge in [0.15, 0.2) is 0 Å². The molecule has 7 nitrogen and oxygen atoms in total. The molecule has 0 radical (unpaired) electrons. The minimum atomic E-state index is -0.726. The summed E-state index contributed by atoms with van der Waals surface area (Å²) in [6, 6.07) is 16.4. The summed E-state index contributed by atoms with van der Waals surface area (Å²) in [5, 5.41) is 15.2. The van der Waals surface area contributed by atoms with Crippen LogP contribution in [0.25, 0.3) is 10.6 Å². The quantitative estimate of drug-likeness (QED) is 0.397. The number of anilines is 1. The zero-order valence-electron chi connectivity index (χ0n) is 21.0. The van der Waals surface area contributed by atoms with Crippen LogP contribution in [0.2, 0.25) is 0 Å². The summed E-state index contributed by atoms with van der Waals surface area (Å²) in [5.41, 5.74) is 1.95. The number of hydrogen-bond donors (Lipinski definition) is 2. The van der Waals surface area contributed by atoms with E-state index in [9.17, 15) is 9.59 Å². The molecule has 1 heterocycles. The molecule has 0 saturated carbocycles. The molecular weight excluding hydrogens is 460 g/mol. The average molecular weight is 495 g/mol. The van der Waals surface area contributed by atoms with Gasteiger partial charge in [0.05, 0.1) is 7.11 Å². The fourth-order valence-corrected chi connectivity index (χ4v) is 4.83. The molecule has 3 rings (SSSR count). The highest BCUT2D eigenvalue weighted by Gasteiger charge is 2.25. The molecular formula is C27H34N4O3S. The third-order valence-corrected chi connectivity index (χ3v) is 6.29. The van der Waals surface area contributed by atoms with E-state index in [2.05, 4.69) is 48.5 Å². The van der Waals surface area contributed by atoms with Crippen molar-refractivity contribution in [3.05, 3.63) is 60.2 Å². The topological polar surface area (TPSA) is 93.2 Å². The van der Waals surface area contributed by atoms with Gasteiger partial charge in [-0.3, -0.25) is 14.9 Å². The van der Waals surface area contributed by atoms with Gasteiger partial charge in [-0.15, -0.1) is 10.2 Å². The lowest BCUT2D eigenvalue weighted by Gasteiger charge is -2.24. The van der Waals surface area contributed by atoms with Crippen LogP contribution in [0.3, 0.4) is 0 Å². The molecule has 1 aromatic heterocycles. The van der Waals surface area contributed by atoms with E-state index < -0.39 is 6.04 Å². The van der Waals surface area contributed by atoms with Gasteiger partial charge in [-0.05, 0) is 35.4 Å². The molecule has 0 saturated heterocycles. The Morgan fingerprint density at radius 3 is 2.49 bits per heavy atom. The van der Waals surface area contributed by atoms with E-state index in [0.29, 0.717) is 23.0 Å². The van der Waals surface area contributed by atoms with E-state index in [1.807, 2.05) is 54.6 Å². The van der Waals surface area contributed by atoms with Crippen LogP contribution < -0.4 is 15.4 Å². The normalized spacial score (nSPS) is 13.1. The van der Waals surface area contributed by atoms with Crippen molar-refractivity contribution in [1.29, 1.82) is 0 Å². The first kappa shape index (κ1) is 26.3. The van der Waals surface area contributed by atoms with Crippen LogP contribution in [-0.2, 0) is 16.0 Å². The predicted octanol–water partition coefficient (Wildman–Crippen LogP) is 5.34. The number of ether oxygens (including phenoxy) is 1. The molecule has 0 bridgehead atoms. The molecule has 2 amide bonds. The largest absolute Gasteiger partial charge is 0.497 e. The second-order valence-electron chi connectivity index (χ2n) is 10.0. The molecule has 35 heavy (non-hydrogen) atoms. The third-order valence-electron chi connectivity index (χ3n) is 5.40. The minimum Gasteiger partial charge on any atom is -0.497 e. The maximum absolute atomic E-state index is 13.2. The Balaban J connectivity index is 1.70. The number of rotatable bonds is 10. The van der Waals surface area contributed by atoms with E-state index in [4.69, 9.17) is 4.74 Å². The van der Waals surface area contributed by atoms with Crippen molar-refractivity contribution in [2.24, 2.45) is 11.3 Å². The van der Waals surface area contributed by atoms with Crippen molar-refractivity contribution >= 4 is 28.3 Å². The van der Waals surface area contributed by atoms with E-state index in [1.165, 1.54) is 11.3 Å². The number of nitrogens with one attached hydrogen (secondary N) is 2. The molecule has 0 aliphatic rings. The van der Waals surface area contributed by atoms with E-state index in [-0.39, 0.29) is 23.1 Å². The number of carbonyl (C=O) groups is 2. The van der Waals surface area contributed by atoms with Gasteiger partial charge in [0.25, 0.3) is 0 Å². The van der Waals surface area contributed by atoms with Crippen LogP contribution in [0.1, 0.15) is 46.1 Å². The van der Waals surface area contributed by atoms with E-state index in [0.717, 1.165) is 23.3 Å².